The zero-order valence-corrected chi connectivity index (χ0v) is 23.0. The van der Waals surface area contributed by atoms with E-state index in [-0.39, 0.29) is 12.1 Å². The topological polar surface area (TPSA) is 106 Å². The summed E-state index contributed by atoms with van der Waals surface area (Å²) in [5.41, 5.74) is 0.560. The predicted molar refractivity (Wildman–Crippen MR) is 154 cm³/mol. The number of piperazine rings is 1. The van der Waals surface area contributed by atoms with Crippen LogP contribution in [0.3, 0.4) is 0 Å². The number of aromatic amines is 1. The van der Waals surface area contributed by atoms with E-state index < -0.39 is 40.3 Å². The van der Waals surface area contributed by atoms with E-state index in [0.717, 1.165) is 22.2 Å². The third-order valence-electron chi connectivity index (χ3n) is 8.37. The molecule has 0 radical (unpaired) electrons. The summed E-state index contributed by atoms with van der Waals surface area (Å²) in [6, 6.07) is 13.7. The summed E-state index contributed by atoms with van der Waals surface area (Å²) in [5, 5.41) is 15.6. The number of carbonyl (C=O) groups excluding carboxylic acids is 3. The number of allylic oxidation sites excluding steroid dienone is 1. The smallest absolute Gasteiger partial charge is 0.269 e. The Morgan fingerprint density at radius 3 is 2.52 bits per heavy atom. The van der Waals surface area contributed by atoms with Crippen LogP contribution in [-0.2, 0) is 25.4 Å². The Balaban J connectivity index is 1.41. The zero-order chi connectivity index (χ0) is 28.6. The molecule has 40 heavy (non-hydrogen) atoms. The number of aliphatic hydroxyl groups is 1. The summed E-state index contributed by atoms with van der Waals surface area (Å²) in [5.74, 6) is -1.45. The van der Waals surface area contributed by atoms with Gasteiger partial charge in [0.1, 0.15) is 11.7 Å². The minimum atomic E-state index is -2.01. The molecule has 8 nitrogen and oxygen atoms in total. The van der Waals surface area contributed by atoms with Gasteiger partial charge in [-0.25, -0.2) is 0 Å². The van der Waals surface area contributed by atoms with E-state index in [2.05, 4.69) is 16.9 Å². The van der Waals surface area contributed by atoms with Gasteiger partial charge in [0, 0.05) is 45.8 Å². The first-order valence-corrected chi connectivity index (χ1v) is 13.4. The largest absolute Gasteiger partial charge is 0.375 e. The van der Waals surface area contributed by atoms with E-state index in [4.69, 9.17) is 0 Å². The number of H-pyrrole nitrogens is 1. The van der Waals surface area contributed by atoms with Crippen molar-refractivity contribution >= 4 is 40.4 Å². The highest BCUT2D eigenvalue weighted by Gasteiger charge is 2.55. The van der Waals surface area contributed by atoms with Crippen molar-refractivity contribution in [3.63, 3.8) is 0 Å². The molecule has 0 unspecified atom stereocenters. The van der Waals surface area contributed by atoms with Crippen molar-refractivity contribution in [3.8, 4) is 0 Å². The molecule has 1 fully saturated rings. The maximum absolute atomic E-state index is 13.9. The van der Waals surface area contributed by atoms with Gasteiger partial charge >= 0.3 is 0 Å². The van der Waals surface area contributed by atoms with Gasteiger partial charge in [-0.05, 0) is 32.1 Å². The highest BCUT2D eigenvalue weighted by molar-refractivity contribution is 6.11. The third kappa shape index (κ3) is 3.59. The van der Waals surface area contributed by atoms with Crippen LogP contribution in [-0.4, -0.2) is 44.3 Å². The molecule has 1 aromatic heterocycles. The molecule has 3 amide bonds. The summed E-state index contributed by atoms with van der Waals surface area (Å²) in [6.07, 6.45) is 6.58. The second kappa shape index (κ2) is 8.53. The summed E-state index contributed by atoms with van der Waals surface area (Å²) in [6.45, 7) is 11.6. The lowest BCUT2D eigenvalue weighted by Crippen LogP contribution is -2.58. The zero-order valence-electron chi connectivity index (χ0n) is 23.0. The van der Waals surface area contributed by atoms with Crippen molar-refractivity contribution in [3.05, 3.63) is 96.0 Å². The SMILES string of the molecule is C=CC(C)(C)N1C(=O)[C@@](O)(C[C@@H]2NC(=O)C3=Cc4c([nH]c5ccccc45)C(C)(C)C=CN3C2=O)c2ccccc21. The average Bonchev–Trinajstić information content (AvgIpc) is 3.39. The molecule has 6 rings (SSSR count). The van der Waals surface area contributed by atoms with E-state index in [1.54, 1.807) is 42.6 Å². The molecule has 2 atom stereocenters. The van der Waals surface area contributed by atoms with Crippen LogP contribution >= 0.6 is 0 Å². The van der Waals surface area contributed by atoms with Gasteiger partial charge < -0.3 is 20.3 Å². The number of aromatic nitrogens is 1. The molecule has 0 spiro atoms. The van der Waals surface area contributed by atoms with Gasteiger partial charge in [0.15, 0.2) is 5.60 Å². The van der Waals surface area contributed by atoms with Gasteiger partial charge in [0.25, 0.3) is 17.7 Å². The minimum Gasteiger partial charge on any atom is -0.375 e. The third-order valence-corrected chi connectivity index (χ3v) is 8.37. The van der Waals surface area contributed by atoms with E-state index in [9.17, 15) is 19.5 Å². The standard InChI is InChI=1S/C32H32N4O4/c1-6-31(4,5)36-24-14-10-8-12-21(24)32(40,29(36)39)18-23-28(38)35-16-15-30(2,3)26-20(17-25(35)27(37)34-23)19-11-7-9-13-22(19)33-26/h6-17,23,33,40H,1,18H2,2-5H3,(H,34,37)/t23-,32+/m0/s1. The maximum Gasteiger partial charge on any atom is 0.269 e. The van der Waals surface area contributed by atoms with Crippen LogP contribution in [0.2, 0.25) is 0 Å². The van der Waals surface area contributed by atoms with Crippen molar-refractivity contribution in [1.82, 2.24) is 15.2 Å². The normalized spacial score (nSPS) is 23.7. The Bertz CT molecular complexity index is 1680. The molecule has 3 aliphatic heterocycles. The molecule has 8 heteroatoms. The molecule has 0 bridgehead atoms. The van der Waals surface area contributed by atoms with Crippen molar-refractivity contribution in [1.29, 1.82) is 0 Å². The summed E-state index contributed by atoms with van der Waals surface area (Å²) < 4.78 is 0. The van der Waals surface area contributed by atoms with Crippen LogP contribution in [0.15, 0.2) is 79.2 Å². The molecular weight excluding hydrogens is 504 g/mol. The number of rotatable bonds is 4. The summed E-state index contributed by atoms with van der Waals surface area (Å²) >= 11 is 0. The lowest BCUT2D eigenvalue weighted by atomic mass is 9.84. The van der Waals surface area contributed by atoms with Crippen LogP contribution < -0.4 is 10.2 Å². The van der Waals surface area contributed by atoms with Crippen molar-refractivity contribution in [2.24, 2.45) is 0 Å². The van der Waals surface area contributed by atoms with E-state index in [1.807, 2.05) is 58.0 Å². The number of amides is 3. The van der Waals surface area contributed by atoms with E-state index in [0.29, 0.717) is 11.3 Å². The fourth-order valence-electron chi connectivity index (χ4n) is 6.00. The molecule has 2 aromatic carbocycles. The Hall–Kier alpha value is -4.43. The Morgan fingerprint density at radius 1 is 1.07 bits per heavy atom. The molecular formula is C32H32N4O4. The molecule has 4 heterocycles. The maximum atomic E-state index is 13.9. The van der Waals surface area contributed by atoms with Gasteiger partial charge in [0.2, 0.25) is 0 Å². The molecule has 0 aliphatic carbocycles. The molecule has 1 saturated heterocycles. The Kier molecular flexibility index (Phi) is 5.51. The first-order chi connectivity index (χ1) is 18.9. The van der Waals surface area contributed by atoms with Gasteiger partial charge in [-0.3, -0.25) is 19.3 Å². The fourth-order valence-corrected chi connectivity index (χ4v) is 6.00. The van der Waals surface area contributed by atoms with Crippen LogP contribution in [0.1, 0.15) is 50.9 Å². The molecule has 3 N–H and O–H groups in total. The Morgan fingerprint density at radius 2 is 1.77 bits per heavy atom. The van der Waals surface area contributed by atoms with E-state index >= 15 is 0 Å². The van der Waals surface area contributed by atoms with Gasteiger partial charge in [-0.15, -0.1) is 6.58 Å². The van der Waals surface area contributed by atoms with Crippen molar-refractivity contribution < 1.29 is 19.5 Å². The van der Waals surface area contributed by atoms with E-state index in [1.165, 1.54) is 9.80 Å². The number of carbonyl (C=O) groups is 3. The number of anilines is 1. The summed E-state index contributed by atoms with van der Waals surface area (Å²) in [4.78, 5) is 47.6. The van der Waals surface area contributed by atoms with Gasteiger partial charge in [0.05, 0.1) is 11.2 Å². The predicted octanol–water partition coefficient (Wildman–Crippen LogP) is 4.23. The molecule has 0 saturated carbocycles. The quantitative estimate of drug-likeness (QED) is 0.434. The molecule has 3 aliphatic rings. The Labute approximate surface area is 232 Å². The monoisotopic (exact) mass is 536 g/mol. The van der Waals surface area contributed by atoms with Crippen LogP contribution in [0.5, 0.6) is 0 Å². The number of nitrogens with one attached hydrogen (secondary N) is 2. The van der Waals surface area contributed by atoms with Gasteiger partial charge in [-0.2, -0.15) is 0 Å². The lowest BCUT2D eigenvalue weighted by molar-refractivity contribution is -0.145. The second-order valence-corrected chi connectivity index (χ2v) is 11.8. The number of hydrogen-bond acceptors (Lipinski definition) is 4. The van der Waals surface area contributed by atoms with Crippen LogP contribution in [0.4, 0.5) is 5.69 Å². The number of fused-ring (bicyclic) bond motifs is 5. The van der Waals surface area contributed by atoms with Crippen LogP contribution in [0, 0.1) is 0 Å². The number of nitrogens with zero attached hydrogens (tertiary/aromatic N) is 2. The average molecular weight is 537 g/mol. The number of hydrogen-bond donors (Lipinski definition) is 3. The van der Waals surface area contributed by atoms with Crippen LogP contribution in [0.25, 0.3) is 17.0 Å². The van der Waals surface area contributed by atoms with Gasteiger partial charge in [-0.1, -0.05) is 62.4 Å². The first kappa shape index (κ1) is 25.8. The highest BCUT2D eigenvalue weighted by Crippen LogP contribution is 2.47. The minimum absolute atomic E-state index is 0.179. The number of para-hydroxylation sites is 2. The van der Waals surface area contributed by atoms with Crippen molar-refractivity contribution in [2.75, 3.05) is 4.90 Å². The molecule has 3 aromatic rings. The molecule has 204 valence electrons. The fraction of sp³-hybridized carbons (Fsp3) is 0.281. The summed E-state index contributed by atoms with van der Waals surface area (Å²) in [7, 11) is 0. The number of benzene rings is 2. The van der Waals surface area contributed by atoms with Crippen molar-refractivity contribution in [2.45, 2.75) is 56.7 Å². The highest BCUT2D eigenvalue weighted by atomic mass is 16.3. The first-order valence-electron chi connectivity index (χ1n) is 13.4. The second-order valence-electron chi connectivity index (χ2n) is 11.8. The lowest BCUT2D eigenvalue weighted by Gasteiger charge is -2.37.